The maximum Gasteiger partial charge on any atom is 0.335 e. The Kier molecular flexibility index (Phi) is 4.09. The number of carbonyl (C=O) groups is 1. The number of aromatic amines is 1. The van der Waals surface area contributed by atoms with E-state index in [1.54, 1.807) is 12.1 Å². The highest BCUT2D eigenvalue weighted by molar-refractivity contribution is 7.89. The number of hydrogen-bond donors (Lipinski definition) is 2. The minimum Gasteiger partial charge on any atom is -0.478 e. The van der Waals surface area contributed by atoms with E-state index in [9.17, 15) is 18.0 Å². The van der Waals surface area contributed by atoms with Crippen LogP contribution >= 0.6 is 0 Å². The number of aromatic carboxylic acids is 1. The largest absolute Gasteiger partial charge is 0.478 e. The monoisotopic (exact) mass is 384 g/mol. The number of H-pyrrole nitrogens is 1. The number of benzene rings is 2. The van der Waals surface area contributed by atoms with Gasteiger partial charge in [0.2, 0.25) is 10.0 Å². The zero-order valence-electron chi connectivity index (χ0n) is 14.2. The Balaban J connectivity index is 1.74. The highest BCUT2D eigenvalue weighted by atomic mass is 32.2. The number of carboxylic acid groups (broad SMARTS) is 1. The molecule has 1 aromatic heterocycles. The number of aromatic nitrogens is 1. The molecular formula is C19H16N2O5S. The van der Waals surface area contributed by atoms with Crippen LogP contribution in [0.2, 0.25) is 0 Å². The maximum atomic E-state index is 13.0. The lowest BCUT2D eigenvalue weighted by Gasteiger charge is -2.28. The van der Waals surface area contributed by atoms with Crippen LogP contribution in [0.4, 0.5) is 0 Å². The van der Waals surface area contributed by atoms with Gasteiger partial charge in [0.15, 0.2) is 0 Å². The molecule has 0 aliphatic carbocycles. The molecular weight excluding hydrogens is 368 g/mol. The van der Waals surface area contributed by atoms with Crippen molar-refractivity contribution < 1.29 is 18.3 Å². The Hall–Kier alpha value is -2.97. The summed E-state index contributed by atoms with van der Waals surface area (Å²) < 4.78 is 27.3. The number of sulfonamides is 1. The molecule has 1 aliphatic heterocycles. The first-order valence-corrected chi connectivity index (χ1v) is 9.78. The SMILES string of the molecule is O=C(O)c1ccc(S(=O)(=O)N2CCc3[nH]c(=O)c4ccccc4c3C2)cc1. The van der Waals surface area contributed by atoms with E-state index >= 15 is 0 Å². The van der Waals surface area contributed by atoms with Crippen LogP contribution in [0, 0.1) is 0 Å². The van der Waals surface area contributed by atoms with Crippen molar-refractivity contribution in [1.29, 1.82) is 0 Å². The number of pyridine rings is 1. The quantitative estimate of drug-likeness (QED) is 0.718. The van der Waals surface area contributed by atoms with Crippen molar-refractivity contribution >= 4 is 26.8 Å². The molecule has 4 rings (SSSR count). The predicted molar refractivity (Wildman–Crippen MR) is 99.3 cm³/mol. The number of hydrogen-bond acceptors (Lipinski definition) is 4. The number of fused-ring (bicyclic) bond motifs is 3. The molecule has 0 saturated carbocycles. The van der Waals surface area contributed by atoms with Gasteiger partial charge in [-0.1, -0.05) is 18.2 Å². The fourth-order valence-corrected chi connectivity index (χ4v) is 4.81. The lowest BCUT2D eigenvalue weighted by molar-refractivity contribution is 0.0696. The van der Waals surface area contributed by atoms with Crippen LogP contribution in [-0.2, 0) is 23.0 Å². The van der Waals surface area contributed by atoms with Crippen LogP contribution in [-0.4, -0.2) is 35.3 Å². The molecule has 0 spiro atoms. The molecule has 7 nitrogen and oxygen atoms in total. The van der Waals surface area contributed by atoms with Gasteiger partial charge in [-0.2, -0.15) is 4.31 Å². The van der Waals surface area contributed by atoms with Crippen molar-refractivity contribution in [3.05, 3.63) is 75.7 Å². The van der Waals surface area contributed by atoms with Crippen molar-refractivity contribution in [1.82, 2.24) is 9.29 Å². The molecule has 3 aromatic rings. The third-order valence-corrected chi connectivity index (χ3v) is 6.67. The van der Waals surface area contributed by atoms with E-state index in [0.717, 1.165) is 16.6 Å². The first-order valence-electron chi connectivity index (χ1n) is 8.34. The lowest BCUT2D eigenvalue weighted by atomic mass is 10.0. The molecule has 0 fully saturated rings. The van der Waals surface area contributed by atoms with Crippen molar-refractivity contribution in [2.45, 2.75) is 17.9 Å². The molecule has 0 bridgehead atoms. The summed E-state index contributed by atoms with van der Waals surface area (Å²) in [7, 11) is -3.78. The van der Waals surface area contributed by atoms with Crippen molar-refractivity contribution in [2.75, 3.05) is 6.54 Å². The van der Waals surface area contributed by atoms with Crippen LogP contribution in [0.3, 0.4) is 0 Å². The topological polar surface area (TPSA) is 108 Å². The number of carboxylic acids is 1. The van der Waals surface area contributed by atoms with Gasteiger partial charge >= 0.3 is 5.97 Å². The second kappa shape index (κ2) is 6.33. The van der Waals surface area contributed by atoms with Gasteiger partial charge < -0.3 is 10.1 Å². The smallest absolute Gasteiger partial charge is 0.335 e. The Morgan fingerprint density at radius 1 is 1.04 bits per heavy atom. The van der Waals surface area contributed by atoms with E-state index in [2.05, 4.69) is 4.98 Å². The van der Waals surface area contributed by atoms with Gasteiger partial charge in [-0.3, -0.25) is 4.79 Å². The van der Waals surface area contributed by atoms with Gasteiger partial charge in [-0.05, 0) is 41.3 Å². The second-order valence-corrected chi connectivity index (χ2v) is 8.31. The standard InChI is InChI=1S/C19H16N2O5S/c22-18-15-4-2-1-3-14(15)16-11-21(10-9-17(16)20-18)27(25,26)13-7-5-12(6-8-13)19(23)24/h1-8H,9-11H2,(H,20,22)(H,23,24). The molecule has 2 aromatic carbocycles. The van der Waals surface area contributed by atoms with E-state index in [0.29, 0.717) is 11.8 Å². The summed E-state index contributed by atoms with van der Waals surface area (Å²) in [5, 5.41) is 10.2. The van der Waals surface area contributed by atoms with Gasteiger partial charge in [-0.15, -0.1) is 0 Å². The van der Waals surface area contributed by atoms with Crippen LogP contribution < -0.4 is 5.56 Å². The summed E-state index contributed by atoms with van der Waals surface area (Å²) in [5.41, 5.74) is 1.40. The van der Waals surface area contributed by atoms with E-state index < -0.39 is 16.0 Å². The normalized spacial score (nSPS) is 14.8. The summed E-state index contributed by atoms with van der Waals surface area (Å²) in [6, 6.07) is 12.3. The third kappa shape index (κ3) is 2.92. The van der Waals surface area contributed by atoms with E-state index in [4.69, 9.17) is 5.11 Å². The Labute approximate surface area is 154 Å². The molecule has 0 saturated heterocycles. The predicted octanol–water partition coefficient (Wildman–Crippen LogP) is 1.97. The Bertz CT molecular complexity index is 1210. The summed E-state index contributed by atoms with van der Waals surface area (Å²) in [5.74, 6) is -1.11. The second-order valence-electron chi connectivity index (χ2n) is 6.37. The summed E-state index contributed by atoms with van der Waals surface area (Å²) in [4.78, 5) is 26.1. The van der Waals surface area contributed by atoms with Gasteiger partial charge in [0.1, 0.15) is 0 Å². The van der Waals surface area contributed by atoms with Crippen molar-refractivity contribution in [3.8, 4) is 0 Å². The molecule has 138 valence electrons. The Morgan fingerprint density at radius 2 is 1.70 bits per heavy atom. The van der Waals surface area contributed by atoms with E-state index in [1.807, 2.05) is 12.1 Å². The molecule has 27 heavy (non-hydrogen) atoms. The van der Waals surface area contributed by atoms with E-state index in [1.165, 1.54) is 28.6 Å². The molecule has 0 unspecified atom stereocenters. The van der Waals surface area contributed by atoms with Crippen LogP contribution in [0.1, 0.15) is 21.6 Å². The highest BCUT2D eigenvalue weighted by Gasteiger charge is 2.30. The molecule has 0 atom stereocenters. The van der Waals surface area contributed by atoms with Gasteiger partial charge in [-0.25, -0.2) is 13.2 Å². The summed E-state index contributed by atoms with van der Waals surface area (Å²) >= 11 is 0. The van der Waals surface area contributed by atoms with Gasteiger partial charge in [0.25, 0.3) is 5.56 Å². The van der Waals surface area contributed by atoms with Gasteiger partial charge in [0.05, 0.1) is 10.5 Å². The third-order valence-electron chi connectivity index (χ3n) is 4.81. The van der Waals surface area contributed by atoms with Gasteiger partial charge in [0, 0.05) is 30.6 Å². The zero-order chi connectivity index (χ0) is 19.2. The van der Waals surface area contributed by atoms with Crippen LogP contribution in [0.25, 0.3) is 10.8 Å². The van der Waals surface area contributed by atoms with Crippen LogP contribution in [0.5, 0.6) is 0 Å². The molecule has 2 heterocycles. The molecule has 0 amide bonds. The molecule has 2 N–H and O–H groups in total. The highest BCUT2D eigenvalue weighted by Crippen LogP contribution is 2.28. The lowest BCUT2D eigenvalue weighted by Crippen LogP contribution is -2.37. The fourth-order valence-electron chi connectivity index (χ4n) is 3.40. The average Bonchev–Trinajstić information content (AvgIpc) is 2.68. The first-order chi connectivity index (χ1) is 12.9. The average molecular weight is 384 g/mol. The minimum absolute atomic E-state index is 0.0292. The van der Waals surface area contributed by atoms with E-state index in [-0.39, 0.29) is 29.1 Å². The first kappa shape index (κ1) is 17.4. The molecule has 8 heteroatoms. The number of nitrogens with zero attached hydrogens (tertiary/aromatic N) is 1. The number of rotatable bonds is 3. The maximum absolute atomic E-state index is 13.0. The summed E-state index contributed by atoms with van der Waals surface area (Å²) in [6.07, 6.45) is 0.405. The Morgan fingerprint density at radius 3 is 2.37 bits per heavy atom. The molecule has 0 radical (unpaired) electrons. The van der Waals surface area contributed by atoms with Crippen LogP contribution in [0.15, 0.2) is 58.2 Å². The van der Waals surface area contributed by atoms with Crippen molar-refractivity contribution in [2.24, 2.45) is 0 Å². The summed E-state index contributed by atoms with van der Waals surface area (Å²) in [6.45, 7) is 0.389. The number of nitrogens with one attached hydrogen (secondary N) is 1. The fraction of sp³-hybridized carbons (Fsp3) is 0.158. The van der Waals surface area contributed by atoms with Crippen molar-refractivity contribution in [3.63, 3.8) is 0 Å². The zero-order valence-corrected chi connectivity index (χ0v) is 15.0. The molecule has 1 aliphatic rings. The minimum atomic E-state index is -3.78.